The van der Waals surface area contributed by atoms with Crippen molar-refractivity contribution in [3.05, 3.63) is 59.9 Å². The van der Waals surface area contributed by atoms with E-state index in [2.05, 4.69) is 5.32 Å². The predicted molar refractivity (Wildman–Crippen MR) is 118 cm³/mol. The van der Waals surface area contributed by atoms with E-state index in [4.69, 9.17) is 4.42 Å². The minimum Gasteiger partial charge on any atom is -0.461 e. The average Bonchev–Trinajstić information content (AvgIpc) is 3.27. The summed E-state index contributed by atoms with van der Waals surface area (Å²) in [6.07, 6.45) is 1.35. The molecule has 0 aliphatic carbocycles. The molecular weight excluding hydrogens is 402 g/mol. The minimum atomic E-state index is -3.26. The van der Waals surface area contributed by atoms with Crippen LogP contribution in [0.25, 0.3) is 11.0 Å². The first kappa shape index (κ1) is 20.3. The Morgan fingerprint density at radius 1 is 1.20 bits per heavy atom. The van der Waals surface area contributed by atoms with E-state index in [-0.39, 0.29) is 11.8 Å². The van der Waals surface area contributed by atoms with Crippen molar-refractivity contribution in [2.45, 2.75) is 26.3 Å². The number of para-hydroxylation sites is 1. The summed E-state index contributed by atoms with van der Waals surface area (Å²) in [4.78, 5) is 14.4. The molecule has 158 valence electrons. The predicted octanol–water partition coefficient (Wildman–Crippen LogP) is 4.20. The topological polar surface area (TPSA) is 82.9 Å². The number of nitrogens with one attached hydrogen (secondary N) is 1. The number of nitrogens with zero attached hydrogens (tertiary/aromatic N) is 2. The average molecular weight is 428 g/mol. The minimum absolute atomic E-state index is 0.157. The third kappa shape index (κ3) is 3.87. The van der Waals surface area contributed by atoms with E-state index in [1.54, 1.807) is 36.2 Å². The Labute approximate surface area is 176 Å². The highest BCUT2D eigenvalue weighted by Gasteiger charge is 2.28. The number of furan rings is 1. The van der Waals surface area contributed by atoms with Gasteiger partial charge < -0.3 is 14.6 Å². The summed E-state index contributed by atoms with van der Waals surface area (Å²) in [6, 6.07) is 14.5. The Kier molecular flexibility index (Phi) is 5.42. The van der Waals surface area contributed by atoms with E-state index >= 15 is 0 Å². The summed E-state index contributed by atoms with van der Waals surface area (Å²) in [5.41, 5.74) is 2.95. The third-order valence-corrected chi connectivity index (χ3v) is 7.20. The smallest absolute Gasteiger partial charge is 0.321 e. The van der Waals surface area contributed by atoms with Gasteiger partial charge in [0, 0.05) is 36.7 Å². The Hall–Kier alpha value is -3.00. The number of fused-ring (bicyclic) bond motifs is 1. The molecule has 0 radical (unpaired) electrons. The van der Waals surface area contributed by atoms with Crippen molar-refractivity contribution in [1.82, 2.24) is 4.90 Å². The molecule has 1 aromatic heterocycles. The van der Waals surface area contributed by atoms with Gasteiger partial charge in [-0.1, -0.05) is 31.2 Å². The number of hydrogen-bond donors (Lipinski definition) is 1. The number of carbonyl (C=O) groups excluding carboxylic acids is 1. The molecule has 0 spiro atoms. The number of hydrogen-bond acceptors (Lipinski definition) is 4. The Balaban J connectivity index is 1.50. The molecular formula is C22H25N3O4S. The molecule has 1 fully saturated rings. The Bertz CT molecular complexity index is 1190. The fourth-order valence-electron chi connectivity index (χ4n) is 3.80. The summed E-state index contributed by atoms with van der Waals surface area (Å²) in [6.45, 7) is 2.90. The van der Waals surface area contributed by atoms with Gasteiger partial charge >= 0.3 is 6.03 Å². The van der Waals surface area contributed by atoms with Gasteiger partial charge in [0.2, 0.25) is 10.0 Å². The van der Waals surface area contributed by atoms with Crippen molar-refractivity contribution in [2.24, 2.45) is 0 Å². The van der Waals surface area contributed by atoms with Crippen LogP contribution in [-0.4, -0.2) is 38.7 Å². The summed E-state index contributed by atoms with van der Waals surface area (Å²) in [5.74, 6) is 1.03. The second-order valence-electron chi connectivity index (χ2n) is 7.43. The first-order valence-electron chi connectivity index (χ1n) is 10.0. The molecule has 0 atom stereocenters. The summed E-state index contributed by atoms with van der Waals surface area (Å²) in [7, 11) is -1.54. The SMILES string of the molecule is CCc1oc2ccccc2c1CN(C)C(=O)Nc1cccc(N2CCCS2(=O)=O)c1. The first-order valence-corrected chi connectivity index (χ1v) is 11.6. The van der Waals surface area contributed by atoms with Crippen molar-refractivity contribution in [3.8, 4) is 0 Å². The van der Waals surface area contributed by atoms with Crippen molar-refractivity contribution < 1.29 is 17.6 Å². The molecule has 30 heavy (non-hydrogen) atoms. The van der Waals surface area contributed by atoms with Crippen molar-refractivity contribution in [1.29, 1.82) is 0 Å². The van der Waals surface area contributed by atoms with Gasteiger partial charge in [0.05, 0.1) is 18.0 Å². The second-order valence-corrected chi connectivity index (χ2v) is 9.44. The van der Waals surface area contributed by atoms with Gasteiger partial charge in [0.15, 0.2) is 0 Å². The van der Waals surface area contributed by atoms with E-state index in [9.17, 15) is 13.2 Å². The highest BCUT2D eigenvalue weighted by atomic mass is 32.2. The van der Waals surface area contributed by atoms with Gasteiger partial charge in [-0.3, -0.25) is 4.31 Å². The second kappa shape index (κ2) is 8.02. The zero-order valence-electron chi connectivity index (χ0n) is 17.1. The molecule has 1 aliphatic heterocycles. The molecule has 2 amide bonds. The van der Waals surface area contributed by atoms with Crippen LogP contribution in [0.3, 0.4) is 0 Å². The number of anilines is 2. The molecule has 4 rings (SSSR count). The molecule has 7 nitrogen and oxygen atoms in total. The van der Waals surface area contributed by atoms with Crippen LogP contribution in [0.15, 0.2) is 52.9 Å². The number of carbonyl (C=O) groups is 1. The Morgan fingerprint density at radius 3 is 2.73 bits per heavy atom. The van der Waals surface area contributed by atoms with Crippen molar-refractivity contribution in [3.63, 3.8) is 0 Å². The van der Waals surface area contributed by atoms with Crippen LogP contribution in [0.4, 0.5) is 16.2 Å². The largest absolute Gasteiger partial charge is 0.461 e. The van der Waals surface area contributed by atoms with Crippen molar-refractivity contribution in [2.75, 3.05) is 29.0 Å². The van der Waals surface area contributed by atoms with Gasteiger partial charge in [0.25, 0.3) is 0 Å². The van der Waals surface area contributed by atoms with Gasteiger partial charge in [-0.25, -0.2) is 13.2 Å². The van der Waals surface area contributed by atoms with Gasteiger partial charge in [-0.2, -0.15) is 0 Å². The molecule has 3 aromatic rings. The maximum absolute atomic E-state index is 12.8. The van der Waals surface area contributed by atoms with Crippen LogP contribution in [-0.2, 0) is 23.0 Å². The molecule has 1 N–H and O–H groups in total. The van der Waals surface area contributed by atoms with Gasteiger partial charge in [-0.15, -0.1) is 0 Å². The van der Waals surface area contributed by atoms with E-state index in [0.29, 0.717) is 30.9 Å². The number of benzene rings is 2. The maximum atomic E-state index is 12.8. The quantitative estimate of drug-likeness (QED) is 0.662. The number of sulfonamides is 1. The van der Waals surface area contributed by atoms with Crippen LogP contribution in [0, 0.1) is 0 Å². The fourth-order valence-corrected chi connectivity index (χ4v) is 5.36. The lowest BCUT2D eigenvalue weighted by molar-refractivity contribution is 0.220. The van der Waals surface area contributed by atoms with Gasteiger partial charge in [-0.05, 0) is 30.7 Å². The maximum Gasteiger partial charge on any atom is 0.321 e. The standard InChI is InChI=1S/C22H25N3O4S/c1-3-20-19(18-10-4-5-11-21(18)29-20)15-24(2)22(26)23-16-8-6-9-17(14-16)25-12-7-13-30(25,27)28/h4-6,8-11,14H,3,7,12-13,15H2,1-2H3,(H,23,26). The summed E-state index contributed by atoms with van der Waals surface area (Å²) >= 11 is 0. The third-order valence-electron chi connectivity index (χ3n) is 5.33. The van der Waals surface area contributed by atoms with E-state index < -0.39 is 10.0 Å². The monoisotopic (exact) mass is 427 g/mol. The lowest BCUT2D eigenvalue weighted by Crippen LogP contribution is -2.31. The highest BCUT2D eigenvalue weighted by molar-refractivity contribution is 7.93. The fraction of sp³-hybridized carbons (Fsp3) is 0.318. The van der Waals surface area contributed by atoms with Crippen LogP contribution < -0.4 is 9.62 Å². The van der Waals surface area contributed by atoms with Crippen LogP contribution >= 0.6 is 0 Å². The molecule has 0 unspecified atom stereocenters. The van der Waals surface area contributed by atoms with Crippen LogP contribution in [0.1, 0.15) is 24.7 Å². The molecule has 2 heterocycles. The number of rotatable bonds is 5. The van der Waals surface area contributed by atoms with Crippen LogP contribution in [0.5, 0.6) is 0 Å². The molecule has 8 heteroatoms. The summed E-state index contributed by atoms with van der Waals surface area (Å²) < 4.78 is 31.7. The Morgan fingerprint density at radius 2 is 2.00 bits per heavy atom. The van der Waals surface area contributed by atoms with Crippen LogP contribution in [0.2, 0.25) is 0 Å². The van der Waals surface area contributed by atoms with E-state index in [1.165, 1.54) is 4.31 Å². The lowest BCUT2D eigenvalue weighted by Gasteiger charge is -2.20. The van der Waals surface area contributed by atoms with E-state index in [1.807, 2.05) is 31.2 Å². The zero-order valence-corrected chi connectivity index (χ0v) is 17.9. The molecule has 1 saturated heterocycles. The van der Waals surface area contributed by atoms with Crippen molar-refractivity contribution >= 4 is 38.4 Å². The normalized spacial score (nSPS) is 15.5. The zero-order chi connectivity index (χ0) is 21.3. The van der Waals surface area contributed by atoms with E-state index in [0.717, 1.165) is 28.7 Å². The first-order chi connectivity index (χ1) is 14.4. The summed E-state index contributed by atoms with van der Waals surface area (Å²) in [5, 5.41) is 3.88. The number of amides is 2. The highest BCUT2D eigenvalue weighted by Crippen LogP contribution is 2.28. The molecule has 0 bridgehead atoms. The van der Waals surface area contributed by atoms with Gasteiger partial charge in [0.1, 0.15) is 11.3 Å². The molecule has 0 saturated carbocycles. The number of aryl methyl sites for hydroxylation is 1. The number of urea groups is 1. The molecule has 2 aromatic carbocycles. The molecule has 1 aliphatic rings. The lowest BCUT2D eigenvalue weighted by atomic mass is 10.1.